The first kappa shape index (κ1) is 18.5. The van der Waals surface area contributed by atoms with Crippen molar-refractivity contribution < 1.29 is 14.3 Å². The van der Waals surface area contributed by atoms with Crippen LogP contribution in [0, 0.1) is 11.3 Å². The van der Waals surface area contributed by atoms with Gasteiger partial charge >= 0.3 is 0 Å². The highest BCUT2D eigenvalue weighted by Crippen LogP contribution is 2.25. The second kappa shape index (κ2) is 9.44. The van der Waals surface area contributed by atoms with Gasteiger partial charge in [-0.1, -0.05) is 18.2 Å². The first-order chi connectivity index (χ1) is 13.2. The molecule has 3 rings (SSSR count). The summed E-state index contributed by atoms with van der Waals surface area (Å²) in [6.07, 6.45) is 6.72. The molecule has 2 aromatic carbocycles. The number of aryl methyl sites for hydroxylation is 2. The smallest absolute Gasteiger partial charge is 0.244 e. The minimum atomic E-state index is -0.169. The van der Waals surface area contributed by atoms with E-state index in [0.717, 1.165) is 24.2 Å². The molecule has 0 aliphatic heterocycles. The Morgan fingerprint density at radius 2 is 1.85 bits per heavy atom. The molecule has 0 radical (unpaired) electrons. The second-order valence-corrected chi connectivity index (χ2v) is 6.27. The molecule has 0 atom stereocenters. The molecule has 0 unspecified atom stereocenters. The lowest BCUT2D eigenvalue weighted by Crippen LogP contribution is -2.26. The van der Waals surface area contributed by atoms with Gasteiger partial charge in [-0.3, -0.25) is 4.79 Å². The molecule has 1 amide bonds. The van der Waals surface area contributed by atoms with Crippen LogP contribution in [0.25, 0.3) is 6.08 Å². The third kappa shape index (κ3) is 5.61. The van der Waals surface area contributed by atoms with Crippen LogP contribution in [-0.4, -0.2) is 25.7 Å². The van der Waals surface area contributed by atoms with Crippen molar-refractivity contribution in [1.82, 2.24) is 5.32 Å². The van der Waals surface area contributed by atoms with Crippen molar-refractivity contribution in [2.24, 2.45) is 0 Å². The molecule has 0 bridgehead atoms. The summed E-state index contributed by atoms with van der Waals surface area (Å²) in [6.45, 7) is 0.898. The Hall–Kier alpha value is -3.26. The van der Waals surface area contributed by atoms with Crippen molar-refractivity contribution in [3.05, 3.63) is 65.2 Å². The van der Waals surface area contributed by atoms with Crippen LogP contribution in [0.4, 0.5) is 0 Å². The highest BCUT2D eigenvalue weighted by molar-refractivity contribution is 5.91. The molecule has 0 aromatic heterocycles. The van der Waals surface area contributed by atoms with Gasteiger partial charge in [0.05, 0.1) is 6.54 Å². The first-order valence-electron chi connectivity index (χ1n) is 9.05. The molecule has 5 nitrogen and oxygen atoms in total. The Balaban J connectivity index is 1.38. The van der Waals surface area contributed by atoms with Crippen LogP contribution in [0.15, 0.2) is 48.5 Å². The normalized spacial score (nSPS) is 12.4. The van der Waals surface area contributed by atoms with Gasteiger partial charge in [0.1, 0.15) is 24.2 Å². The summed E-state index contributed by atoms with van der Waals surface area (Å²) in [6, 6.07) is 15.3. The number of hydrogen-bond donors (Lipinski definition) is 1. The number of nitrogens with one attached hydrogen (secondary N) is 1. The van der Waals surface area contributed by atoms with E-state index in [4.69, 9.17) is 14.7 Å². The number of benzene rings is 2. The summed E-state index contributed by atoms with van der Waals surface area (Å²) in [5.74, 6) is 1.32. The van der Waals surface area contributed by atoms with E-state index in [2.05, 4.69) is 17.4 Å². The number of rotatable bonds is 8. The van der Waals surface area contributed by atoms with E-state index in [1.165, 1.54) is 23.6 Å². The molecule has 0 saturated heterocycles. The first-order valence-corrected chi connectivity index (χ1v) is 9.05. The molecule has 0 saturated carbocycles. The number of ether oxygens (including phenoxy) is 2. The van der Waals surface area contributed by atoms with Crippen LogP contribution >= 0.6 is 0 Å². The second-order valence-electron chi connectivity index (χ2n) is 6.27. The van der Waals surface area contributed by atoms with Crippen LogP contribution in [0.1, 0.15) is 23.1 Å². The van der Waals surface area contributed by atoms with Crippen LogP contribution in [0.3, 0.4) is 0 Å². The fourth-order valence-corrected chi connectivity index (χ4v) is 3.00. The molecule has 1 N–H and O–H groups in total. The fraction of sp³-hybridized carbons (Fsp3) is 0.273. The summed E-state index contributed by atoms with van der Waals surface area (Å²) in [4.78, 5) is 11.9. The van der Waals surface area contributed by atoms with E-state index in [0.29, 0.717) is 18.9 Å². The monoisotopic (exact) mass is 362 g/mol. The maximum absolute atomic E-state index is 11.9. The maximum Gasteiger partial charge on any atom is 0.244 e. The Morgan fingerprint density at radius 3 is 2.67 bits per heavy atom. The lowest BCUT2D eigenvalue weighted by Gasteiger charge is -2.08. The summed E-state index contributed by atoms with van der Waals surface area (Å²) in [5, 5.41) is 11.3. The van der Waals surface area contributed by atoms with Crippen molar-refractivity contribution in [3.63, 3.8) is 0 Å². The molecule has 138 valence electrons. The van der Waals surface area contributed by atoms with E-state index >= 15 is 0 Å². The van der Waals surface area contributed by atoms with Gasteiger partial charge in [0.15, 0.2) is 6.61 Å². The summed E-state index contributed by atoms with van der Waals surface area (Å²) >= 11 is 0. The van der Waals surface area contributed by atoms with E-state index < -0.39 is 0 Å². The quantitative estimate of drug-likeness (QED) is 0.578. The van der Waals surface area contributed by atoms with Gasteiger partial charge in [0.25, 0.3) is 0 Å². The Kier molecular flexibility index (Phi) is 6.48. The van der Waals surface area contributed by atoms with Gasteiger partial charge in [-0.15, -0.1) is 0 Å². The third-order valence-corrected chi connectivity index (χ3v) is 4.35. The lowest BCUT2D eigenvalue weighted by atomic mass is 10.1. The third-order valence-electron chi connectivity index (χ3n) is 4.35. The molecule has 2 aromatic rings. The zero-order chi connectivity index (χ0) is 18.9. The zero-order valence-corrected chi connectivity index (χ0v) is 15.1. The number of fused-ring (bicyclic) bond motifs is 1. The lowest BCUT2D eigenvalue weighted by molar-refractivity contribution is -0.116. The van der Waals surface area contributed by atoms with E-state index in [1.807, 2.05) is 24.3 Å². The number of nitrogens with zero attached hydrogens (tertiary/aromatic N) is 1. The fourth-order valence-electron chi connectivity index (χ4n) is 3.00. The average Bonchev–Trinajstić information content (AvgIpc) is 3.17. The van der Waals surface area contributed by atoms with Gasteiger partial charge in [0, 0.05) is 6.08 Å². The summed E-state index contributed by atoms with van der Waals surface area (Å²) in [5.41, 5.74) is 3.68. The molecule has 27 heavy (non-hydrogen) atoms. The molecular formula is C22H22N2O3. The van der Waals surface area contributed by atoms with Crippen LogP contribution in [0.2, 0.25) is 0 Å². The molecular weight excluding hydrogens is 340 g/mol. The van der Waals surface area contributed by atoms with Gasteiger partial charge in [-0.25, -0.2) is 0 Å². The Morgan fingerprint density at radius 1 is 1.07 bits per heavy atom. The molecule has 5 heteroatoms. The van der Waals surface area contributed by atoms with E-state index in [9.17, 15) is 4.79 Å². The highest BCUT2D eigenvalue weighted by Gasteiger charge is 2.11. The van der Waals surface area contributed by atoms with Crippen molar-refractivity contribution in [2.75, 3.05) is 19.8 Å². The number of amides is 1. The van der Waals surface area contributed by atoms with Gasteiger partial charge in [-0.05, 0) is 66.3 Å². The molecule has 1 aliphatic carbocycles. The Labute approximate surface area is 159 Å². The summed E-state index contributed by atoms with van der Waals surface area (Å²) < 4.78 is 10.9. The average molecular weight is 362 g/mol. The van der Waals surface area contributed by atoms with E-state index in [-0.39, 0.29) is 12.5 Å². The van der Waals surface area contributed by atoms with Crippen molar-refractivity contribution >= 4 is 12.0 Å². The standard InChI is InChI=1S/C22H22N2O3/c23-12-14-26-20-8-4-17(5-9-20)6-11-22(25)24-13-15-27-21-10-7-18-2-1-3-19(18)16-21/h4-11,16H,1-3,13-15H2,(H,24,25). The van der Waals surface area contributed by atoms with Gasteiger partial charge in [-0.2, -0.15) is 5.26 Å². The van der Waals surface area contributed by atoms with E-state index in [1.54, 1.807) is 18.2 Å². The molecule has 0 spiro atoms. The number of carbonyl (C=O) groups excluding carboxylic acids is 1. The molecule has 0 fully saturated rings. The predicted octanol–water partition coefficient (Wildman–Crippen LogP) is 3.29. The van der Waals surface area contributed by atoms with Crippen molar-refractivity contribution in [3.8, 4) is 17.6 Å². The minimum absolute atomic E-state index is 0.0190. The number of hydrogen-bond acceptors (Lipinski definition) is 4. The minimum Gasteiger partial charge on any atom is -0.492 e. The predicted molar refractivity (Wildman–Crippen MR) is 104 cm³/mol. The van der Waals surface area contributed by atoms with Gasteiger partial charge < -0.3 is 14.8 Å². The highest BCUT2D eigenvalue weighted by atomic mass is 16.5. The summed E-state index contributed by atoms with van der Waals surface area (Å²) in [7, 11) is 0. The van der Waals surface area contributed by atoms with Crippen LogP contribution in [0.5, 0.6) is 11.5 Å². The van der Waals surface area contributed by atoms with Crippen LogP contribution in [-0.2, 0) is 17.6 Å². The maximum atomic E-state index is 11.9. The topological polar surface area (TPSA) is 71.3 Å². The van der Waals surface area contributed by atoms with Crippen molar-refractivity contribution in [1.29, 1.82) is 5.26 Å². The van der Waals surface area contributed by atoms with Gasteiger partial charge in [0.2, 0.25) is 5.91 Å². The molecule has 1 aliphatic rings. The Bertz CT molecular complexity index is 851. The largest absolute Gasteiger partial charge is 0.492 e. The van der Waals surface area contributed by atoms with Crippen molar-refractivity contribution in [2.45, 2.75) is 19.3 Å². The number of nitriles is 1. The molecule has 0 heterocycles. The SMILES string of the molecule is N#CCOc1ccc(C=CC(=O)NCCOc2ccc3c(c2)CCC3)cc1. The zero-order valence-electron chi connectivity index (χ0n) is 15.1. The number of carbonyl (C=O) groups is 1. The van der Waals surface area contributed by atoms with Crippen LogP contribution < -0.4 is 14.8 Å².